The first-order valence-electron chi connectivity index (χ1n) is 8.79. The van der Waals surface area contributed by atoms with E-state index in [1.54, 1.807) is 18.2 Å². The van der Waals surface area contributed by atoms with E-state index in [9.17, 15) is 13.2 Å². The molecular formula is C20H18F3N3O. The molecule has 0 bridgehead atoms. The second-order valence-electron chi connectivity index (χ2n) is 6.56. The number of aromatic nitrogens is 3. The Hall–Kier alpha value is -2.67. The standard InChI is InChI=1S/C20H18F3N3O/c21-20(22,23)15-2-1-9-24-19(15)14-4-5-16-17(12-14)26-18(25-16)6-3-13-7-10-27-11-8-13/h1-6,9,12-13H,7-8,10-11H2,(H,25,26). The third-order valence-electron chi connectivity index (χ3n) is 4.68. The van der Waals surface area contributed by atoms with E-state index in [0.717, 1.165) is 37.6 Å². The molecule has 1 aromatic carbocycles. The van der Waals surface area contributed by atoms with Crippen molar-refractivity contribution in [3.63, 3.8) is 0 Å². The Morgan fingerprint density at radius 3 is 2.74 bits per heavy atom. The number of rotatable bonds is 3. The van der Waals surface area contributed by atoms with Gasteiger partial charge in [-0.25, -0.2) is 4.98 Å². The fraction of sp³-hybridized carbons (Fsp3) is 0.300. The molecule has 0 unspecified atom stereocenters. The van der Waals surface area contributed by atoms with Gasteiger partial charge in [0.2, 0.25) is 0 Å². The molecule has 0 saturated carbocycles. The van der Waals surface area contributed by atoms with Crippen molar-refractivity contribution < 1.29 is 17.9 Å². The van der Waals surface area contributed by atoms with Crippen LogP contribution in [0.2, 0.25) is 0 Å². The van der Waals surface area contributed by atoms with Gasteiger partial charge in [-0.1, -0.05) is 12.1 Å². The zero-order valence-corrected chi connectivity index (χ0v) is 14.5. The molecular weight excluding hydrogens is 355 g/mol. The Kier molecular flexibility index (Phi) is 4.70. The predicted octanol–water partition coefficient (Wildman–Crippen LogP) is 5.08. The zero-order chi connectivity index (χ0) is 18.9. The number of ether oxygens (including phenoxy) is 1. The SMILES string of the molecule is FC(F)(F)c1cccnc1-c1ccc2[nH]c(C=CC3CCOCC3)nc2c1. The number of hydrogen-bond donors (Lipinski definition) is 1. The fourth-order valence-corrected chi connectivity index (χ4v) is 3.25. The molecule has 1 fully saturated rings. The molecule has 27 heavy (non-hydrogen) atoms. The summed E-state index contributed by atoms with van der Waals surface area (Å²) in [4.78, 5) is 11.6. The Morgan fingerprint density at radius 1 is 1.15 bits per heavy atom. The molecule has 7 heteroatoms. The summed E-state index contributed by atoms with van der Waals surface area (Å²) in [5, 5.41) is 0. The van der Waals surface area contributed by atoms with Crippen LogP contribution >= 0.6 is 0 Å². The molecule has 0 radical (unpaired) electrons. The molecule has 4 rings (SSSR count). The zero-order valence-electron chi connectivity index (χ0n) is 14.5. The number of benzene rings is 1. The summed E-state index contributed by atoms with van der Waals surface area (Å²) in [6.45, 7) is 1.54. The molecule has 1 N–H and O–H groups in total. The first-order valence-corrected chi connectivity index (χ1v) is 8.79. The topological polar surface area (TPSA) is 50.8 Å². The Morgan fingerprint density at radius 2 is 1.96 bits per heavy atom. The number of halogens is 3. The Balaban J connectivity index is 1.65. The summed E-state index contributed by atoms with van der Waals surface area (Å²) < 4.78 is 45.1. The highest BCUT2D eigenvalue weighted by Gasteiger charge is 2.34. The van der Waals surface area contributed by atoms with Gasteiger partial charge in [0.25, 0.3) is 0 Å². The third kappa shape index (κ3) is 3.88. The van der Waals surface area contributed by atoms with Crippen molar-refractivity contribution in [2.45, 2.75) is 19.0 Å². The molecule has 0 aliphatic carbocycles. The van der Waals surface area contributed by atoms with Crippen LogP contribution in [0.4, 0.5) is 13.2 Å². The Labute approximate surface area is 154 Å². The molecule has 0 spiro atoms. The van der Waals surface area contributed by atoms with E-state index in [-0.39, 0.29) is 5.69 Å². The van der Waals surface area contributed by atoms with Gasteiger partial charge >= 0.3 is 6.18 Å². The van der Waals surface area contributed by atoms with Crippen LogP contribution in [0, 0.1) is 5.92 Å². The molecule has 1 saturated heterocycles. The van der Waals surface area contributed by atoms with Crippen molar-refractivity contribution in [3.8, 4) is 11.3 Å². The maximum Gasteiger partial charge on any atom is 0.418 e. The number of nitrogens with one attached hydrogen (secondary N) is 1. The van der Waals surface area contributed by atoms with E-state index >= 15 is 0 Å². The Bertz CT molecular complexity index is 972. The van der Waals surface area contributed by atoms with E-state index in [4.69, 9.17) is 4.74 Å². The van der Waals surface area contributed by atoms with Gasteiger partial charge in [-0.2, -0.15) is 13.2 Å². The summed E-state index contributed by atoms with van der Waals surface area (Å²) in [6.07, 6.45) is 2.92. The summed E-state index contributed by atoms with van der Waals surface area (Å²) >= 11 is 0. The average Bonchev–Trinajstić information content (AvgIpc) is 3.08. The van der Waals surface area contributed by atoms with Gasteiger partial charge in [0.05, 0.1) is 22.3 Å². The summed E-state index contributed by atoms with van der Waals surface area (Å²) in [5.41, 5.74) is 0.934. The molecule has 0 amide bonds. The average molecular weight is 373 g/mol. The van der Waals surface area contributed by atoms with Crippen LogP contribution in [0.5, 0.6) is 0 Å². The summed E-state index contributed by atoms with van der Waals surface area (Å²) in [5.74, 6) is 1.15. The van der Waals surface area contributed by atoms with Crippen LogP contribution in [0.15, 0.2) is 42.6 Å². The second-order valence-corrected chi connectivity index (χ2v) is 6.56. The maximum atomic E-state index is 13.2. The molecule has 2 aromatic heterocycles. The molecule has 1 aliphatic rings. The minimum absolute atomic E-state index is 0.0887. The molecule has 4 nitrogen and oxygen atoms in total. The van der Waals surface area contributed by atoms with E-state index < -0.39 is 11.7 Å². The number of alkyl halides is 3. The van der Waals surface area contributed by atoms with Crippen molar-refractivity contribution in [2.24, 2.45) is 5.92 Å². The molecule has 140 valence electrons. The largest absolute Gasteiger partial charge is 0.418 e. The molecule has 1 aliphatic heterocycles. The van der Waals surface area contributed by atoms with Crippen LogP contribution in [0.25, 0.3) is 28.4 Å². The lowest BCUT2D eigenvalue weighted by atomic mass is 10.00. The summed E-state index contributed by atoms with van der Waals surface area (Å²) in [6, 6.07) is 7.33. The van der Waals surface area contributed by atoms with Crippen LogP contribution in [-0.4, -0.2) is 28.2 Å². The lowest BCUT2D eigenvalue weighted by Gasteiger charge is -2.18. The van der Waals surface area contributed by atoms with Crippen molar-refractivity contribution >= 4 is 17.1 Å². The second kappa shape index (κ2) is 7.15. The third-order valence-corrected chi connectivity index (χ3v) is 4.68. The van der Waals surface area contributed by atoms with Crippen molar-refractivity contribution in [3.05, 3.63) is 54.0 Å². The molecule has 3 heterocycles. The van der Waals surface area contributed by atoms with Crippen molar-refractivity contribution in [2.75, 3.05) is 13.2 Å². The smallest absolute Gasteiger partial charge is 0.381 e. The van der Waals surface area contributed by atoms with Gasteiger partial charge in [0, 0.05) is 25.0 Å². The number of allylic oxidation sites excluding steroid dienone is 1. The highest BCUT2D eigenvalue weighted by Crippen LogP contribution is 2.36. The number of aromatic amines is 1. The highest BCUT2D eigenvalue weighted by atomic mass is 19.4. The predicted molar refractivity (Wildman–Crippen MR) is 96.9 cm³/mol. The van der Waals surface area contributed by atoms with E-state index in [0.29, 0.717) is 22.8 Å². The van der Waals surface area contributed by atoms with Crippen LogP contribution in [0.3, 0.4) is 0 Å². The number of imidazole rings is 1. The lowest BCUT2D eigenvalue weighted by molar-refractivity contribution is -0.137. The van der Waals surface area contributed by atoms with Gasteiger partial charge in [0.1, 0.15) is 5.82 Å². The van der Waals surface area contributed by atoms with E-state index in [1.807, 2.05) is 6.08 Å². The van der Waals surface area contributed by atoms with Crippen molar-refractivity contribution in [1.29, 1.82) is 0 Å². The van der Waals surface area contributed by atoms with Gasteiger partial charge in [-0.15, -0.1) is 0 Å². The summed E-state index contributed by atoms with van der Waals surface area (Å²) in [7, 11) is 0. The number of pyridine rings is 1. The van der Waals surface area contributed by atoms with Gasteiger partial charge in [-0.3, -0.25) is 4.98 Å². The number of fused-ring (bicyclic) bond motifs is 1. The molecule has 0 atom stereocenters. The number of nitrogens with zero attached hydrogens (tertiary/aromatic N) is 2. The monoisotopic (exact) mass is 373 g/mol. The van der Waals surface area contributed by atoms with Gasteiger partial charge < -0.3 is 9.72 Å². The lowest BCUT2D eigenvalue weighted by Crippen LogP contribution is -2.13. The first kappa shape index (κ1) is 17.7. The van der Waals surface area contributed by atoms with Gasteiger partial charge in [0.15, 0.2) is 0 Å². The van der Waals surface area contributed by atoms with Gasteiger partial charge in [-0.05, 0) is 49.1 Å². The maximum absolute atomic E-state index is 13.2. The van der Waals surface area contributed by atoms with Crippen molar-refractivity contribution in [1.82, 2.24) is 15.0 Å². The van der Waals surface area contributed by atoms with Crippen LogP contribution in [-0.2, 0) is 10.9 Å². The van der Waals surface area contributed by atoms with E-state index in [2.05, 4.69) is 21.0 Å². The highest BCUT2D eigenvalue weighted by molar-refractivity contribution is 5.83. The molecule has 3 aromatic rings. The first-order chi connectivity index (χ1) is 13.0. The number of hydrogen-bond acceptors (Lipinski definition) is 3. The minimum atomic E-state index is -4.46. The van der Waals surface area contributed by atoms with E-state index in [1.165, 1.54) is 12.3 Å². The normalized spacial score (nSPS) is 16.4. The quantitative estimate of drug-likeness (QED) is 0.696. The fourth-order valence-electron chi connectivity index (χ4n) is 3.25. The van der Waals surface area contributed by atoms with Crippen LogP contribution in [0.1, 0.15) is 24.2 Å². The number of H-pyrrole nitrogens is 1. The van der Waals surface area contributed by atoms with Crippen LogP contribution < -0.4 is 0 Å². The minimum Gasteiger partial charge on any atom is -0.381 e.